The Morgan fingerprint density at radius 1 is 1.39 bits per heavy atom. The standard InChI is InChI=1S/C11H14N2O4S/c14-9(7-4-18-11(17)12-7)13-5-1-2-8(13)6(3-5)10(15)16/h5-8H,1-4H2,(H,12,17)(H,15,16). The maximum Gasteiger partial charge on any atom is 0.308 e. The Labute approximate surface area is 108 Å². The highest BCUT2D eigenvalue weighted by molar-refractivity contribution is 8.14. The van der Waals surface area contributed by atoms with Crippen molar-refractivity contribution in [1.82, 2.24) is 10.2 Å². The van der Waals surface area contributed by atoms with E-state index in [0.717, 1.165) is 24.6 Å². The van der Waals surface area contributed by atoms with Gasteiger partial charge in [-0.3, -0.25) is 14.4 Å². The van der Waals surface area contributed by atoms with Crippen LogP contribution in [0.1, 0.15) is 19.3 Å². The molecule has 0 aromatic rings. The monoisotopic (exact) mass is 270 g/mol. The zero-order valence-corrected chi connectivity index (χ0v) is 10.5. The van der Waals surface area contributed by atoms with Gasteiger partial charge in [-0.05, 0) is 19.3 Å². The van der Waals surface area contributed by atoms with Crippen LogP contribution in [0, 0.1) is 5.92 Å². The lowest BCUT2D eigenvalue weighted by atomic mass is 9.89. The summed E-state index contributed by atoms with van der Waals surface area (Å²) >= 11 is 1.11. The number of hydrogen-bond acceptors (Lipinski definition) is 4. The van der Waals surface area contributed by atoms with Crippen molar-refractivity contribution in [1.29, 1.82) is 0 Å². The Morgan fingerprint density at radius 3 is 2.72 bits per heavy atom. The van der Waals surface area contributed by atoms with Crippen LogP contribution < -0.4 is 5.32 Å². The van der Waals surface area contributed by atoms with Crippen molar-refractivity contribution in [3.05, 3.63) is 0 Å². The number of carbonyl (C=O) groups excluding carboxylic acids is 2. The maximum atomic E-state index is 12.3. The molecule has 7 heteroatoms. The molecule has 3 saturated heterocycles. The molecule has 6 nitrogen and oxygen atoms in total. The largest absolute Gasteiger partial charge is 0.481 e. The number of nitrogens with zero attached hydrogens (tertiary/aromatic N) is 1. The zero-order chi connectivity index (χ0) is 12.9. The van der Waals surface area contributed by atoms with Gasteiger partial charge in [-0.2, -0.15) is 0 Å². The molecule has 3 aliphatic rings. The van der Waals surface area contributed by atoms with E-state index in [-0.39, 0.29) is 23.2 Å². The highest BCUT2D eigenvalue weighted by Crippen LogP contribution is 2.42. The molecule has 0 saturated carbocycles. The van der Waals surface area contributed by atoms with Gasteiger partial charge in [0.15, 0.2) is 0 Å². The minimum Gasteiger partial charge on any atom is -0.481 e. The van der Waals surface area contributed by atoms with Crippen molar-refractivity contribution in [2.75, 3.05) is 5.75 Å². The summed E-state index contributed by atoms with van der Waals surface area (Å²) in [6.45, 7) is 0. The Balaban J connectivity index is 1.75. The fraction of sp³-hybridized carbons (Fsp3) is 0.727. The van der Waals surface area contributed by atoms with Crippen molar-refractivity contribution >= 4 is 28.9 Å². The Kier molecular flexibility index (Phi) is 2.73. The number of aliphatic carboxylic acids is 1. The molecule has 3 fully saturated rings. The first-order valence-electron chi connectivity index (χ1n) is 6.06. The fourth-order valence-corrected chi connectivity index (χ4v) is 4.06. The van der Waals surface area contributed by atoms with Crippen molar-refractivity contribution in [2.45, 2.75) is 37.4 Å². The first-order valence-corrected chi connectivity index (χ1v) is 7.04. The highest BCUT2D eigenvalue weighted by Gasteiger charge is 2.52. The molecule has 18 heavy (non-hydrogen) atoms. The quantitative estimate of drug-likeness (QED) is 0.752. The van der Waals surface area contributed by atoms with E-state index in [9.17, 15) is 14.4 Å². The minimum absolute atomic E-state index is 0.0473. The van der Waals surface area contributed by atoms with Crippen LogP contribution in [0.4, 0.5) is 4.79 Å². The lowest BCUT2D eigenvalue weighted by molar-refractivity contribution is -0.143. The minimum atomic E-state index is -0.815. The molecule has 0 radical (unpaired) electrons. The first kappa shape index (κ1) is 11.8. The number of thioether (sulfide) groups is 1. The third-order valence-electron chi connectivity index (χ3n) is 4.08. The van der Waals surface area contributed by atoms with Crippen LogP contribution in [0.5, 0.6) is 0 Å². The average Bonchev–Trinajstić information content (AvgIpc) is 3.01. The Morgan fingerprint density at radius 2 is 2.17 bits per heavy atom. The average molecular weight is 270 g/mol. The lowest BCUT2D eigenvalue weighted by Crippen LogP contribution is -2.48. The summed E-state index contributed by atoms with van der Waals surface area (Å²) < 4.78 is 0. The Hall–Kier alpha value is -1.24. The molecule has 2 bridgehead atoms. The van der Waals surface area contributed by atoms with Gasteiger partial charge in [-0.1, -0.05) is 11.8 Å². The van der Waals surface area contributed by atoms with Gasteiger partial charge in [0.1, 0.15) is 6.04 Å². The van der Waals surface area contributed by atoms with Gasteiger partial charge in [0.2, 0.25) is 5.91 Å². The van der Waals surface area contributed by atoms with E-state index in [1.807, 2.05) is 0 Å². The summed E-state index contributed by atoms with van der Waals surface area (Å²) in [4.78, 5) is 36.3. The van der Waals surface area contributed by atoms with Gasteiger partial charge in [-0.15, -0.1) is 0 Å². The third-order valence-corrected chi connectivity index (χ3v) is 4.96. The number of nitrogens with one attached hydrogen (secondary N) is 1. The summed E-state index contributed by atoms with van der Waals surface area (Å²) in [5.74, 6) is -0.905. The molecular weight excluding hydrogens is 256 g/mol. The number of carbonyl (C=O) groups is 3. The van der Waals surface area contributed by atoms with Gasteiger partial charge >= 0.3 is 5.97 Å². The molecule has 0 aromatic heterocycles. The molecule has 2 amide bonds. The highest BCUT2D eigenvalue weighted by atomic mass is 32.2. The second-order valence-corrected chi connectivity index (χ2v) is 6.01. The SMILES string of the molecule is O=C1NC(C(=O)N2C3CCC2C(C(=O)O)C3)CS1. The van der Waals surface area contributed by atoms with E-state index < -0.39 is 17.9 Å². The molecule has 2 N–H and O–H groups in total. The normalized spacial score (nSPS) is 38.0. The molecule has 0 aromatic carbocycles. The number of carboxylic acids is 1. The maximum absolute atomic E-state index is 12.3. The van der Waals surface area contributed by atoms with Crippen LogP contribution in [0.3, 0.4) is 0 Å². The van der Waals surface area contributed by atoms with Crippen LogP contribution in [0.25, 0.3) is 0 Å². The smallest absolute Gasteiger partial charge is 0.308 e. The predicted octanol–water partition coefficient (Wildman–Crippen LogP) is 0.275. The topological polar surface area (TPSA) is 86.7 Å². The van der Waals surface area contributed by atoms with Crippen molar-refractivity contribution < 1.29 is 19.5 Å². The molecule has 4 atom stereocenters. The molecule has 3 rings (SSSR count). The van der Waals surface area contributed by atoms with Gasteiger partial charge in [0, 0.05) is 17.8 Å². The number of rotatable bonds is 2. The molecule has 3 heterocycles. The van der Waals surface area contributed by atoms with Crippen molar-refractivity contribution in [3.8, 4) is 0 Å². The molecule has 4 unspecified atom stereocenters. The Bertz CT molecular complexity index is 427. The molecule has 3 aliphatic heterocycles. The van der Waals surface area contributed by atoms with Crippen molar-refractivity contribution in [2.24, 2.45) is 5.92 Å². The molecule has 98 valence electrons. The van der Waals surface area contributed by atoms with Gasteiger partial charge in [0.25, 0.3) is 5.24 Å². The van der Waals surface area contributed by atoms with Crippen molar-refractivity contribution in [3.63, 3.8) is 0 Å². The first-order chi connectivity index (χ1) is 8.58. The fourth-order valence-electron chi connectivity index (χ4n) is 3.30. The second-order valence-electron chi connectivity index (χ2n) is 5.02. The van der Waals surface area contributed by atoms with E-state index in [1.165, 1.54) is 0 Å². The predicted molar refractivity (Wildman–Crippen MR) is 64.2 cm³/mol. The summed E-state index contributed by atoms with van der Waals surface area (Å²) in [6, 6.07) is -0.605. The van der Waals surface area contributed by atoms with E-state index in [4.69, 9.17) is 5.11 Å². The van der Waals surface area contributed by atoms with Gasteiger partial charge in [-0.25, -0.2) is 0 Å². The van der Waals surface area contributed by atoms with E-state index >= 15 is 0 Å². The third kappa shape index (κ3) is 1.68. The number of hydrogen-bond donors (Lipinski definition) is 2. The van der Waals surface area contributed by atoms with E-state index in [0.29, 0.717) is 12.2 Å². The van der Waals surface area contributed by atoms with Crippen LogP contribution in [0.2, 0.25) is 0 Å². The van der Waals surface area contributed by atoms with Crippen LogP contribution in [-0.4, -0.2) is 51.0 Å². The van der Waals surface area contributed by atoms with Crippen LogP contribution >= 0.6 is 11.8 Å². The number of carboxylic acid groups (broad SMARTS) is 1. The number of amides is 2. The van der Waals surface area contributed by atoms with E-state index in [2.05, 4.69) is 5.32 Å². The summed E-state index contributed by atoms with van der Waals surface area (Å²) in [5, 5.41) is 11.6. The summed E-state index contributed by atoms with van der Waals surface area (Å²) in [7, 11) is 0. The van der Waals surface area contributed by atoms with Gasteiger partial charge < -0.3 is 15.3 Å². The summed E-state index contributed by atoms with van der Waals surface area (Å²) in [5.41, 5.74) is 0. The molecular formula is C11H14N2O4S. The van der Waals surface area contributed by atoms with E-state index in [1.54, 1.807) is 4.90 Å². The van der Waals surface area contributed by atoms with Crippen LogP contribution in [0.15, 0.2) is 0 Å². The van der Waals surface area contributed by atoms with Gasteiger partial charge in [0.05, 0.1) is 5.92 Å². The second kappa shape index (κ2) is 4.15. The lowest BCUT2D eigenvalue weighted by Gasteiger charge is -2.25. The molecule has 0 spiro atoms. The molecule has 0 aliphatic carbocycles. The summed E-state index contributed by atoms with van der Waals surface area (Å²) in [6.07, 6.45) is 2.20. The zero-order valence-electron chi connectivity index (χ0n) is 9.67. The number of fused-ring (bicyclic) bond motifs is 2. The van der Waals surface area contributed by atoms with Crippen LogP contribution in [-0.2, 0) is 9.59 Å².